The molecular weight excluding hydrogens is 244 g/mol. The summed E-state index contributed by atoms with van der Waals surface area (Å²) in [5.41, 5.74) is 1.24. The molecule has 0 aliphatic rings. The summed E-state index contributed by atoms with van der Waals surface area (Å²) in [7, 11) is 3.89. The topological polar surface area (TPSA) is 80.5 Å². The molecule has 0 saturated carbocycles. The molecule has 6 nitrogen and oxygen atoms in total. The van der Waals surface area contributed by atoms with Crippen LogP contribution in [0.25, 0.3) is 0 Å². The second-order valence-corrected chi connectivity index (χ2v) is 4.57. The van der Waals surface area contributed by atoms with Gasteiger partial charge in [0.05, 0.1) is 6.54 Å². The SMILES string of the molecule is CN(C)CCN(CC(=O)O)Cc1ccnc(C#N)c1. The number of nitrogens with zero attached hydrogens (tertiary/aromatic N) is 4. The number of carboxylic acid groups (broad SMARTS) is 1. The van der Waals surface area contributed by atoms with Crippen molar-refractivity contribution in [3.63, 3.8) is 0 Å². The van der Waals surface area contributed by atoms with Gasteiger partial charge in [0.2, 0.25) is 0 Å². The van der Waals surface area contributed by atoms with Gasteiger partial charge in [-0.2, -0.15) is 5.26 Å². The smallest absolute Gasteiger partial charge is 0.317 e. The fraction of sp³-hybridized carbons (Fsp3) is 0.462. The number of pyridine rings is 1. The summed E-state index contributed by atoms with van der Waals surface area (Å²) >= 11 is 0. The summed E-state index contributed by atoms with van der Waals surface area (Å²) < 4.78 is 0. The third-order valence-corrected chi connectivity index (χ3v) is 2.57. The van der Waals surface area contributed by atoms with E-state index in [1.165, 1.54) is 0 Å². The maximum absolute atomic E-state index is 10.8. The number of hydrogen-bond acceptors (Lipinski definition) is 5. The molecule has 1 aromatic rings. The predicted octanol–water partition coefficient (Wildman–Crippen LogP) is 0.401. The Bertz CT molecular complexity index is 468. The lowest BCUT2D eigenvalue weighted by molar-refractivity contribution is -0.138. The van der Waals surface area contributed by atoms with E-state index in [-0.39, 0.29) is 6.54 Å². The standard InChI is InChI=1S/C13H18N4O2/c1-16(2)5-6-17(10-13(18)19)9-11-3-4-15-12(7-11)8-14/h3-4,7H,5-6,9-10H2,1-2H3,(H,18,19). The van der Waals surface area contributed by atoms with E-state index < -0.39 is 5.97 Å². The first-order valence-corrected chi connectivity index (χ1v) is 5.95. The molecule has 102 valence electrons. The number of aliphatic carboxylic acids is 1. The fourth-order valence-electron chi connectivity index (χ4n) is 1.64. The Kier molecular flexibility index (Phi) is 5.93. The van der Waals surface area contributed by atoms with E-state index in [9.17, 15) is 4.79 Å². The fourth-order valence-corrected chi connectivity index (χ4v) is 1.64. The van der Waals surface area contributed by atoms with Gasteiger partial charge in [0.15, 0.2) is 0 Å². The van der Waals surface area contributed by atoms with Crippen LogP contribution in [0.2, 0.25) is 0 Å². The Morgan fingerprint density at radius 1 is 1.47 bits per heavy atom. The van der Waals surface area contributed by atoms with E-state index in [0.29, 0.717) is 18.8 Å². The van der Waals surface area contributed by atoms with Crippen LogP contribution in [0.3, 0.4) is 0 Å². The molecule has 0 saturated heterocycles. The van der Waals surface area contributed by atoms with Crippen molar-refractivity contribution in [2.75, 3.05) is 33.7 Å². The van der Waals surface area contributed by atoms with Gasteiger partial charge in [-0.15, -0.1) is 0 Å². The average Bonchev–Trinajstić information content (AvgIpc) is 2.35. The molecule has 6 heteroatoms. The van der Waals surface area contributed by atoms with Crippen molar-refractivity contribution in [2.24, 2.45) is 0 Å². The Hall–Kier alpha value is -1.97. The van der Waals surface area contributed by atoms with Crippen LogP contribution in [0.1, 0.15) is 11.3 Å². The molecule has 0 aromatic carbocycles. The maximum Gasteiger partial charge on any atom is 0.317 e. The molecule has 0 bridgehead atoms. The summed E-state index contributed by atoms with van der Waals surface area (Å²) in [6.45, 7) is 1.92. The van der Waals surface area contributed by atoms with Gasteiger partial charge in [-0.25, -0.2) is 4.98 Å². The van der Waals surface area contributed by atoms with Crippen LogP contribution in [0.4, 0.5) is 0 Å². The number of nitriles is 1. The summed E-state index contributed by atoms with van der Waals surface area (Å²) in [5.74, 6) is -0.853. The van der Waals surface area contributed by atoms with Crippen molar-refractivity contribution < 1.29 is 9.90 Å². The van der Waals surface area contributed by atoms with Crippen molar-refractivity contribution >= 4 is 5.97 Å². The van der Waals surface area contributed by atoms with Crippen molar-refractivity contribution in [2.45, 2.75) is 6.54 Å². The number of carbonyl (C=O) groups is 1. The summed E-state index contributed by atoms with van der Waals surface area (Å²) in [5, 5.41) is 17.7. The van der Waals surface area contributed by atoms with Crippen LogP contribution in [0.15, 0.2) is 18.3 Å². The van der Waals surface area contributed by atoms with Crippen LogP contribution in [0.5, 0.6) is 0 Å². The first kappa shape index (κ1) is 15.1. The minimum absolute atomic E-state index is 0.0158. The highest BCUT2D eigenvalue weighted by Gasteiger charge is 2.11. The highest BCUT2D eigenvalue weighted by Crippen LogP contribution is 2.05. The van der Waals surface area contributed by atoms with E-state index >= 15 is 0 Å². The van der Waals surface area contributed by atoms with Crippen LogP contribution in [0, 0.1) is 11.3 Å². The zero-order valence-corrected chi connectivity index (χ0v) is 11.2. The molecule has 0 amide bonds. The molecule has 0 fully saturated rings. The summed E-state index contributed by atoms with van der Waals surface area (Å²) in [6.07, 6.45) is 1.57. The first-order chi connectivity index (χ1) is 9.01. The summed E-state index contributed by atoms with van der Waals surface area (Å²) in [4.78, 5) is 18.6. The lowest BCUT2D eigenvalue weighted by Crippen LogP contribution is -2.35. The Balaban J connectivity index is 2.69. The summed E-state index contributed by atoms with van der Waals surface area (Å²) in [6, 6.07) is 5.46. The van der Waals surface area contributed by atoms with Gasteiger partial charge in [-0.3, -0.25) is 9.69 Å². The molecule has 1 rings (SSSR count). The van der Waals surface area contributed by atoms with E-state index in [0.717, 1.165) is 12.1 Å². The zero-order valence-electron chi connectivity index (χ0n) is 11.2. The largest absolute Gasteiger partial charge is 0.480 e. The van der Waals surface area contributed by atoms with Crippen molar-refractivity contribution in [3.05, 3.63) is 29.6 Å². The minimum atomic E-state index is -0.853. The molecule has 0 spiro atoms. The predicted molar refractivity (Wildman–Crippen MR) is 70.4 cm³/mol. The normalized spacial score (nSPS) is 10.7. The average molecular weight is 262 g/mol. The third-order valence-electron chi connectivity index (χ3n) is 2.57. The number of carboxylic acids is 1. The number of likely N-dealkylation sites (N-methyl/N-ethyl adjacent to an activating group) is 1. The maximum atomic E-state index is 10.8. The molecule has 19 heavy (non-hydrogen) atoms. The molecule has 0 unspecified atom stereocenters. The van der Waals surface area contributed by atoms with E-state index in [4.69, 9.17) is 10.4 Å². The quantitative estimate of drug-likeness (QED) is 0.766. The zero-order chi connectivity index (χ0) is 14.3. The van der Waals surface area contributed by atoms with Gasteiger partial charge in [0, 0.05) is 25.8 Å². The van der Waals surface area contributed by atoms with Crippen LogP contribution in [-0.4, -0.2) is 59.6 Å². The molecule has 0 radical (unpaired) electrons. The molecule has 1 heterocycles. The molecule has 0 aliphatic heterocycles. The van der Waals surface area contributed by atoms with Gasteiger partial charge in [0.1, 0.15) is 11.8 Å². The van der Waals surface area contributed by atoms with Crippen molar-refractivity contribution in [3.8, 4) is 6.07 Å². The van der Waals surface area contributed by atoms with Crippen molar-refractivity contribution in [1.29, 1.82) is 5.26 Å². The molecule has 0 atom stereocenters. The Labute approximate surface area is 112 Å². The van der Waals surface area contributed by atoms with Gasteiger partial charge < -0.3 is 10.0 Å². The van der Waals surface area contributed by atoms with Crippen LogP contribution in [-0.2, 0) is 11.3 Å². The first-order valence-electron chi connectivity index (χ1n) is 5.95. The second kappa shape index (κ2) is 7.46. The van der Waals surface area contributed by atoms with E-state index in [2.05, 4.69) is 4.98 Å². The van der Waals surface area contributed by atoms with Gasteiger partial charge in [0.25, 0.3) is 0 Å². The molecule has 0 aliphatic carbocycles. The number of hydrogen-bond donors (Lipinski definition) is 1. The third kappa shape index (κ3) is 5.95. The van der Waals surface area contributed by atoms with E-state index in [1.54, 1.807) is 18.3 Å². The van der Waals surface area contributed by atoms with E-state index in [1.807, 2.05) is 30.0 Å². The number of rotatable bonds is 7. The lowest BCUT2D eigenvalue weighted by Gasteiger charge is -2.22. The molecule has 1 aromatic heterocycles. The van der Waals surface area contributed by atoms with Crippen LogP contribution >= 0.6 is 0 Å². The van der Waals surface area contributed by atoms with Gasteiger partial charge >= 0.3 is 5.97 Å². The highest BCUT2D eigenvalue weighted by molar-refractivity contribution is 5.69. The minimum Gasteiger partial charge on any atom is -0.480 e. The second-order valence-electron chi connectivity index (χ2n) is 4.57. The number of aromatic nitrogens is 1. The van der Waals surface area contributed by atoms with Crippen molar-refractivity contribution in [1.82, 2.24) is 14.8 Å². The Morgan fingerprint density at radius 2 is 2.21 bits per heavy atom. The lowest BCUT2D eigenvalue weighted by atomic mass is 10.2. The molecule has 1 N–H and O–H groups in total. The highest BCUT2D eigenvalue weighted by atomic mass is 16.4. The van der Waals surface area contributed by atoms with Gasteiger partial charge in [-0.05, 0) is 31.8 Å². The molecular formula is C13H18N4O2. The van der Waals surface area contributed by atoms with Crippen LogP contribution < -0.4 is 0 Å². The van der Waals surface area contributed by atoms with Gasteiger partial charge in [-0.1, -0.05) is 0 Å². The Morgan fingerprint density at radius 3 is 2.79 bits per heavy atom. The monoisotopic (exact) mass is 262 g/mol.